The molecule has 0 atom stereocenters. The summed E-state index contributed by atoms with van der Waals surface area (Å²) in [7, 11) is 0. The SMILES string of the molecule is Nc1ccc2[nH]c(=S)[nH]c2c1.Nc1ccc2[nH]c(=S)[nH]c2c1. The zero-order valence-corrected chi connectivity index (χ0v) is 13.1. The number of nitrogens with one attached hydrogen (secondary N) is 4. The third-order valence-electron chi connectivity index (χ3n) is 3.08. The topological polar surface area (TPSA) is 115 Å². The summed E-state index contributed by atoms with van der Waals surface area (Å²) in [5.74, 6) is 0. The average molecular weight is 330 g/mol. The van der Waals surface area contributed by atoms with Crippen LogP contribution in [0.3, 0.4) is 0 Å². The lowest BCUT2D eigenvalue weighted by Gasteiger charge is -1.90. The van der Waals surface area contributed by atoms with Gasteiger partial charge in [0.25, 0.3) is 0 Å². The quantitative estimate of drug-likeness (QED) is 0.218. The third kappa shape index (κ3) is 3.02. The zero-order chi connectivity index (χ0) is 15.7. The Morgan fingerprint density at radius 2 is 0.955 bits per heavy atom. The van der Waals surface area contributed by atoms with E-state index in [1.807, 2.05) is 36.4 Å². The number of nitrogen functional groups attached to an aromatic ring is 2. The number of imidazole rings is 2. The highest BCUT2D eigenvalue weighted by molar-refractivity contribution is 7.71. The van der Waals surface area contributed by atoms with Crippen molar-refractivity contribution in [3.63, 3.8) is 0 Å². The van der Waals surface area contributed by atoms with Crippen LogP contribution < -0.4 is 11.5 Å². The number of aromatic amines is 4. The standard InChI is InChI=1S/2C7H7N3S/c2*8-4-1-2-5-6(3-4)10-7(11)9-5/h2*1-3H,8H2,(H2,9,10,11). The molecule has 2 aromatic carbocycles. The molecule has 2 aromatic heterocycles. The maximum Gasteiger partial charge on any atom is 0.175 e. The summed E-state index contributed by atoms with van der Waals surface area (Å²) in [5.41, 5.74) is 16.5. The molecule has 6 nitrogen and oxygen atoms in total. The molecule has 0 saturated carbocycles. The zero-order valence-electron chi connectivity index (χ0n) is 11.4. The van der Waals surface area contributed by atoms with Crippen molar-refractivity contribution in [2.75, 3.05) is 11.5 Å². The molecular formula is C14H14N6S2. The lowest BCUT2D eigenvalue weighted by molar-refractivity contribution is 1.30. The largest absolute Gasteiger partial charge is 0.399 e. The Balaban J connectivity index is 0.000000131. The molecule has 8 N–H and O–H groups in total. The lowest BCUT2D eigenvalue weighted by Crippen LogP contribution is -1.82. The Bertz CT molecular complexity index is 966. The van der Waals surface area contributed by atoms with Crippen LogP contribution in [0.5, 0.6) is 0 Å². The van der Waals surface area contributed by atoms with Gasteiger partial charge in [0.1, 0.15) is 0 Å². The molecular weight excluding hydrogens is 316 g/mol. The van der Waals surface area contributed by atoms with Crippen molar-refractivity contribution in [2.24, 2.45) is 0 Å². The van der Waals surface area contributed by atoms with E-state index in [4.69, 9.17) is 35.9 Å². The fraction of sp³-hybridized carbons (Fsp3) is 0. The summed E-state index contributed by atoms with van der Waals surface area (Å²) < 4.78 is 1.26. The van der Waals surface area contributed by atoms with Gasteiger partial charge >= 0.3 is 0 Å². The number of H-pyrrole nitrogens is 4. The predicted octanol–water partition coefficient (Wildman–Crippen LogP) is 3.62. The molecule has 112 valence electrons. The van der Waals surface area contributed by atoms with Crippen molar-refractivity contribution in [3.05, 3.63) is 45.9 Å². The second-order valence-corrected chi connectivity index (χ2v) is 5.58. The fourth-order valence-corrected chi connectivity index (χ4v) is 2.54. The minimum Gasteiger partial charge on any atom is -0.399 e. The smallest absolute Gasteiger partial charge is 0.175 e. The van der Waals surface area contributed by atoms with Crippen molar-refractivity contribution in [3.8, 4) is 0 Å². The molecule has 0 bridgehead atoms. The minimum absolute atomic E-state index is 0.630. The first kappa shape index (κ1) is 14.4. The van der Waals surface area contributed by atoms with Gasteiger partial charge in [-0.1, -0.05) is 0 Å². The fourth-order valence-electron chi connectivity index (χ4n) is 2.10. The van der Waals surface area contributed by atoms with Gasteiger partial charge in [-0.05, 0) is 60.8 Å². The van der Waals surface area contributed by atoms with Crippen LogP contribution in [0.25, 0.3) is 22.1 Å². The maximum absolute atomic E-state index is 5.57. The van der Waals surface area contributed by atoms with Gasteiger partial charge in [-0.25, -0.2) is 0 Å². The van der Waals surface area contributed by atoms with E-state index in [9.17, 15) is 0 Å². The van der Waals surface area contributed by atoms with Gasteiger partial charge in [-0.15, -0.1) is 0 Å². The van der Waals surface area contributed by atoms with Crippen LogP contribution in [-0.4, -0.2) is 19.9 Å². The molecule has 4 aromatic rings. The van der Waals surface area contributed by atoms with E-state index >= 15 is 0 Å². The molecule has 0 aliphatic heterocycles. The molecule has 22 heavy (non-hydrogen) atoms. The van der Waals surface area contributed by atoms with Gasteiger partial charge < -0.3 is 31.4 Å². The summed E-state index contributed by atoms with van der Waals surface area (Å²) in [6.45, 7) is 0. The molecule has 0 fully saturated rings. The number of hydrogen-bond donors (Lipinski definition) is 6. The Labute approximate surface area is 135 Å². The van der Waals surface area contributed by atoms with E-state index in [1.165, 1.54) is 0 Å². The molecule has 0 radical (unpaired) electrons. The monoisotopic (exact) mass is 330 g/mol. The van der Waals surface area contributed by atoms with E-state index < -0.39 is 0 Å². The molecule has 8 heteroatoms. The number of benzene rings is 2. The summed E-state index contributed by atoms with van der Waals surface area (Å²) in [4.78, 5) is 11.9. The van der Waals surface area contributed by atoms with Gasteiger partial charge in [0, 0.05) is 11.4 Å². The van der Waals surface area contributed by atoms with Gasteiger partial charge in [0.05, 0.1) is 22.1 Å². The molecule has 0 unspecified atom stereocenters. The van der Waals surface area contributed by atoms with Crippen molar-refractivity contribution >= 4 is 57.9 Å². The first-order chi connectivity index (χ1) is 10.5. The molecule has 0 aliphatic carbocycles. The summed E-state index contributed by atoms with van der Waals surface area (Å²) in [6.07, 6.45) is 0. The van der Waals surface area contributed by atoms with E-state index in [0.29, 0.717) is 9.54 Å². The van der Waals surface area contributed by atoms with E-state index in [1.54, 1.807) is 0 Å². The number of aromatic nitrogens is 4. The predicted molar refractivity (Wildman–Crippen MR) is 95.8 cm³/mol. The van der Waals surface area contributed by atoms with Crippen molar-refractivity contribution < 1.29 is 0 Å². The Hall–Kier alpha value is -2.58. The second-order valence-electron chi connectivity index (χ2n) is 4.77. The van der Waals surface area contributed by atoms with Crippen LogP contribution in [0.4, 0.5) is 11.4 Å². The van der Waals surface area contributed by atoms with Crippen LogP contribution in [0.2, 0.25) is 0 Å². The normalized spacial score (nSPS) is 10.5. The van der Waals surface area contributed by atoms with Crippen LogP contribution in [0.15, 0.2) is 36.4 Å². The first-order valence-electron chi connectivity index (χ1n) is 6.46. The molecule has 0 saturated heterocycles. The lowest BCUT2D eigenvalue weighted by atomic mass is 10.3. The molecule has 0 aliphatic rings. The van der Waals surface area contributed by atoms with Crippen molar-refractivity contribution in [2.45, 2.75) is 0 Å². The Morgan fingerprint density at radius 3 is 1.36 bits per heavy atom. The highest BCUT2D eigenvalue weighted by Crippen LogP contribution is 2.13. The molecule has 0 spiro atoms. The number of nitrogens with two attached hydrogens (primary N) is 2. The van der Waals surface area contributed by atoms with E-state index in [0.717, 1.165) is 33.4 Å². The average Bonchev–Trinajstić information content (AvgIpc) is 2.99. The van der Waals surface area contributed by atoms with Crippen LogP contribution in [0.1, 0.15) is 0 Å². The van der Waals surface area contributed by atoms with Gasteiger partial charge in [0.15, 0.2) is 9.54 Å². The maximum atomic E-state index is 5.57. The van der Waals surface area contributed by atoms with Gasteiger partial charge in [-0.3, -0.25) is 0 Å². The van der Waals surface area contributed by atoms with Crippen molar-refractivity contribution in [1.82, 2.24) is 19.9 Å². The molecule has 2 heterocycles. The molecule has 4 rings (SSSR count). The Morgan fingerprint density at radius 1 is 0.591 bits per heavy atom. The summed E-state index contributed by atoms with van der Waals surface area (Å²) in [5, 5.41) is 0. The van der Waals surface area contributed by atoms with Crippen LogP contribution in [-0.2, 0) is 0 Å². The highest BCUT2D eigenvalue weighted by atomic mass is 32.1. The minimum atomic E-state index is 0.630. The molecule has 0 amide bonds. The van der Waals surface area contributed by atoms with Crippen LogP contribution in [0, 0.1) is 9.54 Å². The number of fused-ring (bicyclic) bond motifs is 2. The van der Waals surface area contributed by atoms with Gasteiger partial charge in [-0.2, -0.15) is 0 Å². The highest BCUT2D eigenvalue weighted by Gasteiger charge is 1.95. The van der Waals surface area contributed by atoms with Crippen molar-refractivity contribution in [1.29, 1.82) is 0 Å². The Kier molecular flexibility index (Phi) is 3.70. The van der Waals surface area contributed by atoms with E-state index in [-0.39, 0.29) is 0 Å². The van der Waals surface area contributed by atoms with Crippen LogP contribution >= 0.6 is 24.4 Å². The number of rotatable bonds is 0. The number of hydrogen-bond acceptors (Lipinski definition) is 4. The second kappa shape index (κ2) is 5.66. The first-order valence-corrected chi connectivity index (χ1v) is 7.28. The third-order valence-corrected chi connectivity index (χ3v) is 3.49. The number of anilines is 2. The summed E-state index contributed by atoms with van der Waals surface area (Å²) in [6, 6.07) is 11.2. The van der Waals surface area contributed by atoms with Gasteiger partial charge in [0.2, 0.25) is 0 Å². The van der Waals surface area contributed by atoms with E-state index in [2.05, 4.69) is 19.9 Å². The summed E-state index contributed by atoms with van der Waals surface area (Å²) >= 11 is 9.81.